The average molecular weight is 616 g/mol. The number of likely N-dealkylation sites (tertiary alicyclic amines) is 1. The molecule has 3 amide bonds. The van der Waals surface area contributed by atoms with Crippen LogP contribution in [0.4, 0.5) is 25.7 Å². The number of alkyl halides is 1. The maximum atomic E-state index is 15.0. The summed E-state index contributed by atoms with van der Waals surface area (Å²) in [6, 6.07) is 0.753. The molecule has 2 N–H and O–H groups in total. The third kappa shape index (κ3) is 8.00. The Balaban J connectivity index is 1.13. The van der Waals surface area contributed by atoms with Crippen molar-refractivity contribution in [2.45, 2.75) is 63.8 Å². The van der Waals surface area contributed by atoms with Crippen molar-refractivity contribution in [3.05, 3.63) is 24.7 Å². The number of nitrogens with zero attached hydrogens (tertiary/aromatic N) is 7. The van der Waals surface area contributed by atoms with Crippen LogP contribution in [-0.2, 0) is 4.74 Å². The smallest absolute Gasteiger partial charge is 0.414 e. The van der Waals surface area contributed by atoms with Gasteiger partial charge in [-0.2, -0.15) is 4.98 Å². The molecule has 14 nitrogen and oxygen atoms in total. The summed E-state index contributed by atoms with van der Waals surface area (Å²) in [5.41, 5.74) is 0. The van der Waals surface area contributed by atoms with E-state index in [0.29, 0.717) is 25.1 Å². The number of piperidine rings is 2. The van der Waals surface area contributed by atoms with E-state index in [1.54, 1.807) is 4.90 Å². The number of rotatable bonds is 8. The highest BCUT2D eigenvalue weighted by Crippen LogP contribution is 2.25. The second kappa shape index (κ2) is 14.8. The topological polar surface area (TPSA) is 147 Å². The van der Waals surface area contributed by atoms with Crippen LogP contribution in [0, 0.1) is 5.92 Å². The molecular weight excluding hydrogens is 573 g/mol. The van der Waals surface area contributed by atoms with Crippen molar-refractivity contribution < 1.29 is 28.2 Å². The lowest BCUT2D eigenvalue weighted by Crippen LogP contribution is -2.55. The van der Waals surface area contributed by atoms with Crippen molar-refractivity contribution >= 4 is 23.9 Å². The minimum Gasteiger partial charge on any atom is -0.477 e. The number of hydrogen-bond donors (Lipinski definition) is 2. The van der Waals surface area contributed by atoms with Gasteiger partial charge in [0, 0.05) is 70.8 Å². The standard InChI is InChI=1S/C29H42FN9O5/c1-4-43-26-16-32-24(15-33-26)35-28(40)37(3)23-18-39(11-6-21(23)30)27-31-10-5-25(36-27)44-29(41)34-22-7-12-38(17-19(22)2)20-8-13-42-14-9-20/h5,10,15-16,19-23H,4,6-9,11-14,17-18H2,1-3H3,(H,34,41)(H,32,35,40)/t19-,21+,22+,23-/m0/s1. The number of nitrogens with one attached hydrogen (secondary N) is 2. The number of aromatic nitrogens is 4. The zero-order chi connectivity index (χ0) is 31.1. The van der Waals surface area contributed by atoms with Crippen molar-refractivity contribution in [1.29, 1.82) is 0 Å². The van der Waals surface area contributed by atoms with Crippen molar-refractivity contribution in [3.8, 4) is 11.8 Å². The van der Waals surface area contributed by atoms with Crippen LogP contribution in [0.1, 0.15) is 39.5 Å². The normalized spacial score (nSPS) is 24.8. The first-order valence-corrected chi connectivity index (χ1v) is 15.3. The molecule has 3 aliphatic heterocycles. The fourth-order valence-electron chi connectivity index (χ4n) is 5.99. The van der Waals surface area contributed by atoms with Gasteiger partial charge in [-0.25, -0.2) is 28.9 Å². The fourth-order valence-corrected chi connectivity index (χ4v) is 5.99. The number of anilines is 2. The highest BCUT2D eigenvalue weighted by molar-refractivity contribution is 5.88. The van der Waals surface area contributed by atoms with Crippen LogP contribution in [-0.4, -0.2) is 119 Å². The molecule has 3 aliphatic rings. The van der Waals surface area contributed by atoms with Gasteiger partial charge >= 0.3 is 12.1 Å². The van der Waals surface area contributed by atoms with Gasteiger partial charge in [0.05, 0.1) is 25.0 Å². The van der Waals surface area contributed by atoms with Crippen LogP contribution < -0.4 is 25.0 Å². The molecule has 5 heterocycles. The first-order chi connectivity index (χ1) is 21.3. The second-order valence-electron chi connectivity index (χ2n) is 11.5. The molecule has 3 saturated heterocycles. The van der Waals surface area contributed by atoms with Gasteiger partial charge in [0.15, 0.2) is 5.82 Å². The summed E-state index contributed by atoms with van der Waals surface area (Å²) < 4.78 is 31.3. The maximum Gasteiger partial charge on any atom is 0.414 e. The Kier molecular flexibility index (Phi) is 10.6. The van der Waals surface area contributed by atoms with Gasteiger partial charge in [-0.1, -0.05) is 6.92 Å². The van der Waals surface area contributed by atoms with Gasteiger partial charge in [0.25, 0.3) is 0 Å². The zero-order valence-electron chi connectivity index (χ0n) is 25.5. The number of urea groups is 1. The predicted octanol–water partition coefficient (Wildman–Crippen LogP) is 2.72. The maximum absolute atomic E-state index is 15.0. The van der Waals surface area contributed by atoms with Crippen molar-refractivity contribution in [2.75, 3.05) is 63.3 Å². The van der Waals surface area contributed by atoms with Crippen LogP contribution in [0.15, 0.2) is 24.7 Å². The van der Waals surface area contributed by atoms with Crippen molar-refractivity contribution in [3.63, 3.8) is 0 Å². The molecule has 4 atom stereocenters. The molecule has 3 fully saturated rings. The Morgan fingerprint density at radius 3 is 2.64 bits per heavy atom. The van der Waals surface area contributed by atoms with Crippen LogP contribution in [0.25, 0.3) is 0 Å². The molecule has 0 aliphatic carbocycles. The van der Waals surface area contributed by atoms with Crippen molar-refractivity contribution in [1.82, 2.24) is 35.1 Å². The SMILES string of the molecule is CCOc1cnc(NC(=O)N(C)[C@H]2CN(c3nccc(OC(=O)N[C@@H]4CCN(C5CCOCC5)C[C@@H]4C)n3)CC[C@H]2F)cn1. The fraction of sp³-hybridized carbons (Fsp3) is 0.655. The van der Waals surface area contributed by atoms with E-state index in [1.807, 2.05) is 6.92 Å². The van der Waals surface area contributed by atoms with Crippen LogP contribution in [0.2, 0.25) is 0 Å². The molecule has 0 saturated carbocycles. The molecule has 0 aromatic carbocycles. The van der Waals surface area contributed by atoms with E-state index in [0.717, 1.165) is 45.6 Å². The predicted molar refractivity (Wildman–Crippen MR) is 160 cm³/mol. The van der Waals surface area contributed by atoms with Gasteiger partial charge in [-0.05, 0) is 38.5 Å². The lowest BCUT2D eigenvalue weighted by molar-refractivity contribution is 0.0139. The van der Waals surface area contributed by atoms with Gasteiger partial charge in [-0.3, -0.25) is 10.2 Å². The van der Waals surface area contributed by atoms with E-state index in [1.165, 1.54) is 36.6 Å². The zero-order valence-corrected chi connectivity index (χ0v) is 25.5. The van der Waals surface area contributed by atoms with E-state index >= 15 is 4.39 Å². The molecule has 2 aromatic rings. The lowest BCUT2D eigenvalue weighted by Gasteiger charge is -2.42. The van der Waals surface area contributed by atoms with E-state index in [4.69, 9.17) is 14.2 Å². The summed E-state index contributed by atoms with van der Waals surface area (Å²) >= 11 is 0. The third-order valence-corrected chi connectivity index (χ3v) is 8.52. The Labute approximate surface area is 256 Å². The molecule has 5 rings (SSSR count). The minimum atomic E-state index is -1.25. The number of carbonyl (C=O) groups is 2. The van der Waals surface area contributed by atoms with E-state index in [-0.39, 0.29) is 42.6 Å². The largest absolute Gasteiger partial charge is 0.477 e. The van der Waals surface area contributed by atoms with Crippen molar-refractivity contribution in [2.24, 2.45) is 5.92 Å². The first-order valence-electron chi connectivity index (χ1n) is 15.3. The molecule has 2 aromatic heterocycles. The summed E-state index contributed by atoms with van der Waals surface area (Å²) in [5.74, 6) is 1.22. The van der Waals surface area contributed by atoms with Crippen LogP contribution in [0.5, 0.6) is 11.8 Å². The van der Waals surface area contributed by atoms with E-state index < -0.39 is 24.3 Å². The monoisotopic (exact) mass is 615 g/mol. The number of likely N-dealkylation sites (N-methyl/N-ethyl adjacent to an activating group) is 1. The Morgan fingerprint density at radius 1 is 1.09 bits per heavy atom. The highest BCUT2D eigenvalue weighted by atomic mass is 19.1. The average Bonchev–Trinajstić information content (AvgIpc) is 3.03. The van der Waals surface area contributed by atoms with E-state index in [9.17, 15) is 9.59 Å². The van der Waals surface area contributed by atoms with Gasteiger partial charge in [-0.15, -0.1) is 0 Å². The van der Waals surface area contributed by atoms with Crippen LogP contribution >= 0.6 is 0 Å². The summed E-state index contributed by atoms with van der Waals surface area (Å²) in [5, 5.41) is 5.64. The number of ether oxygens (including phenoxy) is 3. The quantitative estimate of drug-likeness (QED) is 0.452. The van der Waals surface area contributed by atoms with Gasteiger partial charge in [0.2, 0.25) is 17.7 Å². The number of hydrogen-bond acceptors (Lipinski definition) is 11. The van der Waals surface area contributed by atoms with Gasteiger partial charge < -0.3 is 29.3 Å². The molecule has 0 spiro atoms. The first kappa shape index (κ1) is 31.6. The summed E-state index contributed by atoms with van der Waals surface area (Å²) in [6.45, 7) is 8.37. The van der Waals surface area contributed by atoms with E-state index in [2.05, 4.69) is 42.4 Å². The molecule has 44 heavy (non-hydrogen) atoms. The molecular formula is C29H42FN9O5. The number of amides is 3. The molecule has 15 heteroatoms. The minimum absolute atomic E-state index is 0.000450. The Morgan fingerprint density at radius 2 is 1.91 bits per heavy atom. The summed E-state index contributed by atoms with van der Waals surface area (Å²) in [4.78, 5) is 48.2. The molecule has 0 bridgehead atoms. The highest BCUT2D eigenvalue weighted by Gasteiger charge is 2.36. The molecule has 0 unspecified atom stereocenters. The molecule has 0 radical (unpaired) electrons. The second-order valence-corrected chi connectivity index (χ2v) is 11.5. The Bertz CT molecular complexity index is 1250. The number of carbonyl (C=O) groups excluding carboxylic acids is 2. The lowest BCUT2D eigenvalue weighted by atomic mass is 9.91. The number of halogens is 1. The molecule has 240 valence electrons. The Hall–Kier alpha value is -3.85. The summed E-state index contributed by atoms with van der Waals surface area (Å²) in [6.07, 6.45) is 5.58. The van der Waals surface area contributed by atoms with Crippen LogP contribution in [0.3, 0.4) is 0 Å². The summed E-state index contributed by atoms with van der Waals surface area (Å²) in [7, 11) is 1.53. The third-order valence-electron chi connectivity index (χ3n) is 8.52. The van der Waals surface area contributed by atoms with Gasteiger partial charge in [0.1, 0.15) is 6.17 Å².